The summed E-state index contributed by atoms with van der Waals surface area (Å²) in [6, 6.07) is 51.4. The third-order valence-electron chi connectivity index (χ3n) is 11.0. The normalized spacial score (nSPS) is 15.6. The Hall–Kier alpha value is -5.19. The molecule has 1 atom stereocenters. The number of aliphatic imine (C=N–C) groups is 1. The van der Waals surface area contributed by atoms with Crippen molar-refractivity contribution in [2.45, 2.75) is 85.7 Å². The molecule has 1 aliphatic rings. The van der Waals surface area contributed by atoms with E-state index in [1.807, 2.05) is 45.0 Å². The predicted octanol–water partition coefficient (Wildman–Crippen LogP) is 14.6. The van der Waals surface area contributed by atoms with Crippen molar-refractivity contribution < 1.29 is 31.4 Å². The van der Waals surface area contributed by atoms with Crippen molar-refractivity contribution in [1.29, 1.82) is 0 Å². The second kappa shape index (κ2) is 17.3. The van der Waals surface area contributed by atoms with Crippen LogP contribution in [-0.2, 0) is 31.9 Å². The summed E-state index contributed by atoms with van der Waals surface area (Å²) in [6.07, 6.45) is 0.269. The number of pyridine rings is 1. The van der Waals surface area contributed by atoms with Crippen LogP contribution in [0.2, 0.25) is 19.6 Å². The molecular weight excluding hydrogens is 937 g/mol. The van der Waals surface area contributed by atoms with Gasteiger partial charge >= 0.3 is 0 Å². The van der Waals surface area contributed by atoms with Crippen LogP contribution in [0.5, 0.6) is 0 Å². The van der Waals surface area contributed by atoms with Gasteiger partial charge in [0.25, 0.3) is 0 Å². The van der Waals surface area contributed by atoms with E-state index in [2.05, 4.69) is 149 Å². The van der Waals surface area contributed by atoms with E-state index in [-0.39, 0.29) is 37.0 Å². The predicted molar refractivity (Wildman–Crippen MR) is 257 cm³/mol. The van der Waals surface area contributed by atoms with Gasteiger partial charge in [0, 0.05) is 44.5 Å². The third-order valence-corrected chi connectivity index (χ3v) is 13.0. The summed E-state index contributed by atoms with van der Waals surface area (Å²) < 4.78 is 46.5. The zero-order chi connectivity index (χ0) is 46.7. The number of nitrogens with zero attached hydrogens (tertiary/aromatic N) is 2. The van der Waals surface area contributed by atoms with Crippen molar-refractivity contribution in [3.8, 4) is 22.4 Å². The number of para-hydroxylation sites is 2. The first kappa shape index (κ1) is 37.6. The molecule has 6 aromatic carbocycles. The number of hydrogen-bond donors (Lipinski definition) is 0. The topological polar surface area (TPSA) is 38.4 Å². The van der Waals surface area contributed by atoms with Crippen LogP contribution in [0.25, 0.3) is 44.3 Å². The molecule has 8 aromatic rings. The second-order valence-corrected chi connectivity index (χ2v) is 23.8. The molecule has 0 aliphatic carbocycles. The molecule has 2 aromatic heterocycles. The van der Waals surface area contributed by atoms with Crippen LogP contribution >= 0.6 is 0 Å². The van der Waals surface area contributed by atoms with Gasteiger partial charge in [0.05, 0.1) is 19.3 Å². The molecule has 0 fully saturated rings. The van der Waals surface area contributed by atoms with Crippen LogP contribution < -0.4 is 5.19 Å². The number of aromatic nitrogens is 1. The summed E-state index contributed by atoms with van der Waals surface area (Å²) in [5.74, 6) is -0.0492. The van der Waals surface area contributed by atoms with Gasteiger partial charge in [-0.1, -0.05) is 176 Å². The van der Waals surface area contributed by atoms with Crippen LogP contribution in [0.3, 0.4) is 0 Å². The molecule has 1 unspecified atom stereocenters. The monoisotopic (exact) mass is 998 g/mol. The van der Waals surface area contributed by atoms with E-state index in [0.29, 0.717) is 16.8 Å². The minimum Gasteiger partial charge on any atom is -0.501 e. The SMILES string of the molecule is CC(C)(C)c1cccc(-c2ccccc2)c1C1C(c2[c-]ccc3c2oc2ccccc23)=Nc2ccccc21.[2H]C([2H])([2H])c1c[c-]c(-c2cc(C([2H])([2H])C(C)(C)C)c([Si](C)(C)C)cn2)cc1.[Ir]. The van der Waals surface area contributed by atoms with Crippen molar-refractivity contribution in [3.63, 3.8) is 0 Å². The minimum atomic E-state index is -2.17. The molecule has 3 nitrogen and oxygen atoms in total. The molecule has 0 bridgehead atoms. The molecule has 1 aliphatic heterocycles. The van der Waals surface area contributed by atoms with Gasteiger partial charge in [-0.05, 0) is 73.7 Å². The Bertz CT molecular complexity index is 3060. The standard InChI is InChI=1S/C36H28NO.C20H28NSi.Ir/c1-36(2,3)29-20-12-17-24(23-13-5-4-6-14-23)32(29)33-27-16-7-9-21-30(27)37-34(33)28-19-11-18-26-25-15-8-10-22-31(25)38-35(26)28;1-15-8-10-16(11-9-15)18-12-17(13-20(2,3)4)19(14-21-18)22(5,6)7;/h4-18,20-22,33H,1-3H3;8-10,12,14H,13H2,1-7H3;/q2*-1;/i;1D3,13D2;. The largest absolute Gasteiger partial charge is 0.501 e. The van der Waals surface area contributed by atoms with Crippen LogP contribution in [0.4, 0.5) is 5.69 Å². The van der Waals surface area contributed by atoms with Crippen LogP contribution in [-0.4, -0.2) is 18.8 Å². The minimum absolute atomic E-state index is 0. The van der Waals surface area contributed by atoms with E-state index in [4.69, 9.17) is 16.3 Å². The molecule has 0 saturated carbocycles. The summed E-state index contributed by atoms with van der Waals surface area (Å²) in [5, 5.41) is 3.22. The van der Waals surface area contributed by atoms with Gasteiger partial charge in [-0.3, -0.25) is 4.99 Å². The Kier molecular flexibility index (Phi) is 10.6. The van der Waals surface area contributed by atoms with Gasteiger partial charge in [0.1, 0.15) is 5.58 Å². The average molecular weight is 998 g/mol. The maximum Gasteiger partial charge on any atom is 0.120 e. The first-order chi connectivity index (χ1) is 30.6. The van der Waals surface area contributed by atoms with Gasteiger partial charge in [-0.2, -0.15) is 0 Å². The fraction of sp³-hybridized carbons (Fsp3) is 0.250. The fourth-order valence-electron chi connectivity index (χ4n) is 8.24. The van der Waals surface area contributed by atoms with E-state index in [0.717, 1.165) is 44.1 Å². The number of furan rings is 1. The van der Waals surface area contributed by atoms with Crippen LogP contribution in [0.1, 0.15) is 87.7 Å². The molecule has 0 amide bonds. The van der Waals surface area contributed by atoms with Gasteiger partial charge in [-0.15, -0.1) is 53.6 Å². The molecule has 1 radical (unpaired) electrons. The molecule has 9 rings (SSSR count). The summed E-state index contributed by atoms with van der Waals surface area (Å²) in [6.45, 7) is 17.0. The van der Waals surface area contributed by atoms with E-state index >= 15 is 0 Å². The van der Waals surface area contributed by atoms with Gasteiger partial charge in [0.2, 0.25) is 0 Å². The zero-order valence-corrected chi connectivity index (χ0v) is 39.9. The third kappa shape index (κ3) is 9.21. The van der Waals surface area contributed by atoms with Crippen LogP contribution in [0, 0.1) is 24.4 Å². The van der Waals surface area contributed by atoms with Crippen molar-refractivity contribution in [1.82, 2.24) is 4.98 Å². The number of aryl methyl sites for hydroxylation is 1. The summed E-state index contributed by atoms with van der Waals surface area (Å²) in [5.41, 5.74) is 12.5. The Balaban J connectivity index is 0.000000206. The molecule has 311 valence electrons. The van der Waals surface area contributed by atoms with E-state index < -0.39 is 26.7 Å². The summed E-state index contributed by atoms with van der Waals surface area (Å²) in [7, 11) is -1.81. The quantitative estimate of drug-likeness (QED) is 0.123. The maximum atomic E-state index is 8.79. The van der Waals surface area contributed by atoms with E-state index in [1.165, 1.54) is 33.9 Å². The summed E-state index contributed by atoms with van der Waals surface area (Å²) in [4.78, 5) is 9.84. The number of hydrogen-bond acceptors (Lipinski definition) is 3. The van der Waals surface area contributed by atoms with Crippen molar-refractivity contribution >= 4 is 46.6 Å². The molecule has 3 heterocycles. The molecule has 61 heavy (non-hydrogen) atoms. The number of fused-ring (bicyclic) bond motifs is 4. The summed E-state index contributed by atoms with van der Waals surface area (Å²) >= 11 is 0. The van der Waals surface area contributed by atoms with Crippen molar-refractivity contribution in [2.75, 3.05) is 0 Å². The first-order valence-electron chi connectivity index (χ1n) is 23.3. The Morgan fingerprint density at radius 1 is 0.787 bits per heavy atom. The maximum absolute atomic E-state index is 8.79. The molecule has 5 heteroatoms. The van der Waals surface area contributed by atoms with Crippen LogP contribution in [0.15, 0.2) is 149 Å². The van der Waals surface area contributed by atoms with E-state index in [9.17, 15) is 0 Å². The first-order valence-corrected chi connectivity index (χ1v) is 24.3. The smallest absolute Gasteiger partial charge is 0.120 e. The number of rotatable bonds is 6. The average Bonchev–Trinajstić information content (AvgIpc) is 3.84. The zero-order valence-electron chi connectivity index (χ0n) is 41.5. The van der Waals surface area contributed by atoms with E-state index in [1.54, 1.807) is 18.3 Å². The van der Waals surface area contributed by atoms with Gasteiger partial charge < -0.3 is 9.40 Å². The second-order valence-electron chi connectivity index (χ2n) is 18.8. The van der Waals surface area contributed by atoms with Gasteiger partial charge in [-0.25, -0.2) is 0 Å². The fourth-order valence-corrected chi connectivity index (χ4v) is 9.63. The number of benzene rings is 6. The molecule has 0 spiro atoms. The Morgan fingerprint density at radius 3 is 2.23 bits per heavy atom. The van der Waals surface area contributed by atoms with Crippen molar-refractivity contribution in [2.24, 2.45) is 10.4 Å². The Morgan fingerprint density at radius 2 is 1.52 bits per heavy atom. The molecule has 0 N–H and O–H groups in total. The Labute approximate surface area is 384 Å². The van der Waals surface area contributed by atoms with Crippen molar-refractivity contribution in [3.05, 3.63) is 185 Å². The molecular formula is C56H56IrN2OSi-2. The van der Waals surface area contributed by atoms with Gasteiger partial charge in [0.15, 0.2) is 0 Å². The molecule has 0 saturated heterocycles.